The zero-order valence-corrected chi connectivity index (χ0v) is 16.2. The van der Waals surface area contributed by atoms with Crippen LogP contribution in [0.4, 0.5) is 0 Å². The van der Waals surface area contributed by atoms with Crippen molar-refractivity contribution >= 4 is 36.2 Å². The van der Waals surface area contributed by atoms with Crippen LogP contribution in [0.25, 0.3) is 0 Å². The van der Waals surface area contributed by atoms with Gasteiger partial charge in [-0.05, 0) is 45.2 Å². The van der Waals surface area contributed by atoms with E-state index in [9.17, 15) is 0 Å². The lowest BCUT2D eigenvalue weighted by atomic mass is 10.4. The van der Waals surface area contributed by atoms with Gasteiger partial charge in [-0.25, -0.2) is 0 Å². The van der Waals surface area contributed by atoms with Gasteiger partial charge in [0, 0.05) is 6.61 Å². The number of hydrogen-bond donors (Lipinski definition) is 0. The molecule has 0 aromatic heterocycles. The summed E-state index contributed by atoms with van der Waals surface area (Å²) in [7, 11) is -6.00. The molecule has 0 amide bonds. The highest BCUT2D eigenvalue weighted by Gasteiger charge is 2.29. The van der Waals surface area contributed by atoms with E-state index in [1.54, 1.807) is 0 Å². The Morgan fingerprint density at radius 3 is 2.35 bits per heavy atom. The monoisotopic (exact) mass is 310 g/mol. The Balaban J connectivity index is 2.53. The smallest absolute Gasteiger partial charge is 0.322 e. The van der Waals surface area contributed by atoms with E-state index in [1.807, 2.05) is 0 Å². The lowest BCUT2D eigenvalue weighted by Gasteiger charge is -2.29. The molecule has 0 spiro atoms. The fraction of sp³-hybridized carbons (Fsp3) is 1.00. The quantitative estimate of drug-likeness (QED) is 0.637. The second-order valence-electron chi connectivity index (χ2n) is 5.08. The van der Waals surface area contributed by atoms with Crippen LogP contribution >= 0.6 is 0 Å². The lowest BCUT2D eigenvalue weighted by molar-refractivity contribution is 0.229. The molecule has 1 heterocycles. The first-order valence-corrected chi connectivity index (χ1v) is 16.0. The van der Waals surface area contributed by atoms with E-state index in [0.717, 1.165) is 13.0 Å². The zero-order chi connectivity index (χ0) is 12.9. The fourth-order valence-corrected chi connectivity index (χ4v) is 13.9. The van der Waals surface area contributed by atoms with Crippen molar-refractivity contribution in [3.8, 4) is 0 Å². The van der Waals surface area contributed by atoms with Gasteiger partial charge in [-0.1, -0.05) is 6.42 Å². The molecule has 17 heavy (non-hydrogen) atoms. The molecule has 1 saturated heterocycles. The van der Waals surface area contributed by atoms with Crippen molar-refractivity contribution in [2.24, 2.45) is 0 Å². The molecule has 0 radical (unpaired) electrons. The van der Waals surface area contributed by atoms with Crippen molar-refractivity contribution in [1.29, 1.82) is 0 Å². The third-order valence-corrected chi connectivity index (χ3v) is 14.9. The second kappa shape index (κ2) is 7.33. The second-order valence-corrected chi connectivity index (χ2v) is 15.8. The predicted molar refractivity (Wildman–Crippen MR) is 79.8 cm³/mol. The summed E-state index contributed by atoms with van der Waals surface area (Å²) < 4.78 is 23.9. The van der Waals surface area contributed by atoms with Crippen LogP contribution in [0.1, 0.15) is 12.8 Å². The normalized spacial score (nSPS) is 36.9. The Morgan fingerprint density at radius 2 is 1.65 bits per heavy atom. The molecule has 0 aliphatic carbocycles. The summed E-state index contributed by atoms with van der Waals surface area (Å²) in [6.45, 7) is 11.5. The maximum absolute atomic E-state index is 6.05. The minimum absolute atomic E-state index is 0.828. The standard InChI is InChI=1S/C9H26O4Si4/c1-14-9-7-6-8-10-17(4,5)13-16(3)12-15(2)11-14/h14-16H,6-9H2,1-5H3. The van der Waals surface area contributed by atoms with Crippen LogP contribution < -0.4 is 0 Å². The summed E-state index contributed by atoms with van der Waals surface area (Å²) in [5.74, 6) is 0. The molecular weight excluding hydrogens is 284 g/mol. The van der Waals surface area contributed by atoms with E-state index in [4.69, 9.17) is 16.8 Å². The Hall–Kier alpha value is 0.708. The molecule has 0 saturated carbocycles. The molecule has 0 aromatic carbocycles. The van der Waals surface area contributed by atoms with Gasteiger partial charge >= 0.3 is 8.56 Å². The minimum Gasteiger partial charge on any atom is -0.441 e. The molecule has 1 aliphatic rings. The minimum atomic E-state index is -1.96. The molecule has 1 fully saturated rings. The van der Waals surface area contributed by atoms with Crippen LogP contribution in [0.2, 0.25) is 38.8 Å². The van der Waals surface area contributed by atoms with E-state index in [1.165, 1.54) is 12.5 Å². The average Bonchev–Trinajstić information content (AvgIpc) is 2.13. The summed E-state index contributed by atoms with van der Waals surface area (Å²) in [4.78, 5) is 0. The van der Waals surface area contributed by atoms with Gasteiger partial charge in [-0.3, -0.25) is 0 Å². The van der Waals surface area contributed by atoms with Gasteiger partial charge in [-0.2, -0.15) is 0 Å². The zero-order valence-electron chi connectivity index (χ0n) is 11.7. The Morgan fingerprint density at radius 1 is 0.941 bits per heavy atom. The van der Waals surface area contributed by atoms with E-state index < -0.39 is 36.2 Å². The van der Waals surface area contributed by atoms with E-state index in [0.29, 0.717) is 0 Å². The molecule has 0 N–H and O–H groups in total. The van der Waals surface area contributed by atoms with Crippen LogP contribution in [-0.2, 0) is 16.8 Å². The lowest BCUT2D eigenvalue weighted by Crippen LogP contribution is -2.44. The van der Waals surface area contributed by atoms with Gasteiger partial charge in [0.25, 0.3) is 18.6 Å². The van der Waals surface area contributed by atoms with Crippen LogP contribution in [0, 0.1) is 0 Å². The van der Waals surface area contributed by atoms with E-state index in [-0.39, 0.29) is 0 Å². The fourth-order valence-electron chi connectivity index (χ4n) is 2.01. The average molecular weight is 311 g/mol. The van der Waals surface area contributed by atoms with Crippen LogP contribution in [-0.4, -0.2) is 42.8 Å². The maximum atomic E-state index is 6.05. The first kappa shape index (κ1) is 15.8. The third-order valence-electron chi connectivity index (χ3n) is 2.71. The van der Waals surface area contributed by atoms with Crippen molar-refractivity contribution in [1.82, 2.24) is 0 Å². The molecule has 1 aliphatic heterocycles. The van der Waals surface area contributed by atoms with Gasteiger partial charge in [0.2, 0.25) is 0 Å². The van der Waals surface area contributed by atoms with Gasteiger partial charge in [0.05, 0.1) is 0 Å². The highest BCUT2D eigenvalue weighted by molar-refractivity contribution is 6.74. The van der Waals surface area contributed by atoms with Crippen molar-refractivity contribution in [2.75, 3.05) is 6.61 Å². The Bertz CT molecular complexity index is 229. The first-order chi connectivity index (χ1) is 7.89. The highest BCUT2D eigenvalue weighted by Crippen LogP contribution is 2.14. The summed E-state index contributed by atoms with van der Waals surface area (Å²) in [5, 5.41) is 0. The summed E-state index contributed by atoms with van der Waals surface area (Å²) in [6.07, 6.45) is 2.35. The molecule has 8 heteroatoms. The molecule has 1 rings (SSSR count). The van der Waals surface area contributed by atoms with Crippen LogP contribution in [0.15, 0.2) is 0 Å². The molecule has 4 nitrogen and oxygen atoms in total. The third kappa shape index (κ3) is 7.01. The van der Waals surface area contributed by atoms with Gasteiger partial charge < -0.3 is 16.8 Å². The number of rotatable bonds is 0. The van der Waals surface area contributed by atoms with Gasteiger partial charge in [-0.15, -0.1) is 0 Å². The summed E-state index contributed by atoms with van der Waals surface area (Å²) >= 11 is 0. The van der Waals surface area contributed by atoms with Crippen molar-refractivity contribution in [3.63, 3.8) is 0 Å². The van der Waals surface area contributed by atoms with E-state index in [2.05, 4.69) is 32.7 Å². The molecule has 3 unspecified atom stereocenters. The molecule has 0 aromatic rings. The molecular formula is C9H26O4Si4. The first-order valence-electron chi connectivity index (χ1n) is 6.52. The van der Waals surface area contributed by atoms with Crippen LogP contribution in [0.5, 0.6) is 0 Å². The van der Waals surface area contributed by atoms with Gasteiger partial charge in [0.1, 0.15) is 0 Å². The van der Waals surface area contributed by atoms with Crippen molar-refractivity contribution in [3.05, 3.63) is 0 Å². The Kier molecular flexibility index (Phi) is 6.80. The van der Waals surface area contributed by atoms with Crippen molar-refractivity contribution < 1.29 is 16.8 Å². The maximum Gasteiger partial charge on any atom is 0.322 e. The largest absolute Gasteiger partial charge is 0.441 e. The SMILES string of the molecule is C[SiH]1CCCCO[Si](C)(C)O[SiH](C)O[SiH](C)O1. The topological polar surface area (TPSA) is 36.9 Å². The molecule has 0 bridgehead atoms. The molecule has 3 atom stereocenters. The summed E-state index contributed by atoms with van der Waals surface area (Å²) in [5.41, 5.74) is 0. The predicted octanol–water partition coefficient (Wildman–Crippen LogP) is 1.60. The van der Waals surface area contributed by atoms with E-state index >= 15 is 0 Å². The van der Waals surface area contributed by atoms with Crippen LogP contribution in [0.3, 0.4) is 0 Å². The Labute approximate surface area is 111 Å². The highest BCUT2D eigenvalue weighted by atomic mass is 28.5. The molecule has 102 valence electrons. The van der Waals surface area contributed by atoms with Gasteiger partial charge in [0.15, 0.2) is 9.04 Å². The summed E-state index contributed by atoms with van der Waals surface area (Å²) in [6, 6.07) is 1.24. The van der Waals surface area contributed by atoms with Crippen molar-refractivity contribution in [2.45, 2.75) is 51.6 Å². The number of hydrogen-bond acceptors (Lipinski definition) is 4.